The van der Waals surface area contributed by atoms with Gasteiger partial charge in [0.15, 0.2) is 0 Å². The molecule has 1 aliphatic heterocycles. The molecule has 0 bridgehead atoms. The Morgan fingerprint density at radius 2 is 2.12 bits per heavy atom. The van der Waals surface area contributed by atoms with E-state index in [1.807, 2.05) is 18.4 Å². The average Bonchev–Trinajstić information content (AvgIpc) is 3.06. The molecule has 0 unspecified atom stereocenters. The maximum Gasteiger partial charge on any atom is 0.256 e. The Morgan fingerprint density at radius 1 is 1.33 bits per heavy atom. The molecule has 128 valence electrons. The van der Waals surface area contributed by atoms with Crippen LogP contribution in [0.3, 0.4) is 0 Å². The molecular formula is C17H20F2N4O. The Labute approximate surface area is 139 Å². The van der Waals surface area contributed by atoms with Gasteiger partial charge in [0.05, 0.1) is 5.56 Å². The van der Waals surface area contributed by atoms with E-state index in [0.717, 1.165) is 36.9 Å². The van der Waals surface area contributed by atoms with E-state index in [2.05, 4.69) is 10.2 Å². The fourth-order valence-corrected chi connectivity index (χ4v) is 3.15. The van der Waals surface area contributed by atoms with Crippen LogP contribution in [0.2, 0.25) is 0 Å². The molecule has 5 nitrogen and oxygen atoms in total. The van der Waals surface area contributed by atoms with Gasteiger partial charge in [-0.05, 0) is 44.9 Å². The Morgan fingerprint density at radius 3 is 2.88 bits per heavy atom. The van der Waals surface area contributed by atoms with E-state index in [1.54, 1.807) is 11.2 Å². The fourth-order valence-electron chi connectivity index (χ4n) is 3.15. The van der Waals surface area contributed by atoms with Crippen LogP contribution < -0.4 is 0 Å². The predicted molar refractivity (Wildman–Crippen MR) is 84.6 cm³/mol. The van der Waals surface area contributed by atoms with Crippen molar-refractivity contribution in [1.82, 2.24) is 19.7 Å². The largest absolute Gasteiger partial charge is 0.338 e. The molecule has 2 heterocycles. The molecule has 0 saturated carbocycles. The van der Waals surface area contributed by atoms with Crippen molar-refractivity contribution < 1.29 is 13.6 Å². The normalized spacial score (nSPS) is 18.2. The second kappa shape index (κ2) is 6.67. The van der Waals surface area contributed by atoms with E-state index in [4.69, 9.17) is 0 Å². The molecule has 24 heavy (non-hydrogen) atoms. The van der Waals surface area contributed by atoms with Gasteiger partial charge in [-0.2, -0.15) is 0 Å². The van der Waals surface area contributed by atoms with Crippen LogP contribution in [0.5, 0.6) is 0 Å². The molecule has 0 aliphatic carbocycles. The summed E-state index contributed by atoms with van der Waals surface area (Å²) >= 11 is 0. The summed E-state index contributed by atoms with van der Waals surface area (Å²) in [5.41, 5.74) is -0.221. The fraction of sp³-hybridized carbons (Fsp3) is 0.471. The molecular weight excluding hydrogens is 314 g/mol. The first-order valence-corrected chi connectivity index (χ1v) is 8.11. The molecule has 1 amide bonds. The van der Waals surface area contributed by atoms with Crippen LogP contribution in [0.25, 0.3) is 0 Å². The second-order valence-corrected chi connectivity index (χ2v) is 6.40. The lowest BCUT2D eigenvalue weighted by Crippen LogP contribution is -2.40. The van der Waals surface area contributed by atoms with Gasteiger partial charge in [-0.1, -0.05) is 0 Å². The number of benzene rings is 1. The Balaban J connectivity index is 1.81. The van der Waals surface area contributed by atoms with Gasteiger partial charge in [0, 0.05) is 25.0 Å². The highest BCUT2D eigenvalue weighted by molar-refractivity contribution is 5.94. The number of amides is 1. The average molecular weight is 334 g/mol. The first-order chi connectivity index (χ1) is 11.5. The molecule has 1 saturated heterocycles. The predicted octanol–water partition coefficient (Wildman–Crippen LogP) is 3.16. The summed E-state index contributed by atoms with van der Waals surface area (Å²) in [7, 11) is 0. The van der Waals surface area contributed by atoms with Crippen LogP contribution in [0, 0.1) is 11.6 Å². The third-order valence-corrected chi connectivity index (χ3v) is 4.39. The number of carbonyl (C=O) groups excluding carboxylic acids is 1. The summed E-state index contributed by atoms with van der Waals surface area (Å²) in [5, 5.41) is 8.17. The lowest BCUT2D eigenvalue weighted by atomic mass is 9.96. The maximum absolute atomic E-state index is 13.9. The smallest absolute Gasteiger partial charge is 0.256 e. The number of likely N-dealkylation sites (tertiary alicyclic amines) is 1. The lowest BCUT2D eigenvalue weighted by molar-refractivity contribution is 0.0697. The van der Waals surface area contributed by atoms with Crippen LogP contribution in [0.1, 0.15) is 54.8 Å². The minimum atomic E-state index is -0.700. The molecule has 0 N–H and O–H groups in total. The van der Waals surface area contributed by atoms with Crippen LogP contribution >= 0.6 is 0 Å². The highest BCUT2D eigenvalue weighted by Crippen LogP contribution is 2.28. The van der Waals surface area contributed by atoms with Crippen molar-refractivity contribution >= 4 is 5.91 Å². The first kappa shape index (κ1) is 16.5. The molecule has 1 fully saturated rings. The highest BCUT2D eigenvalue weighted by atomic mass is 19.1. The summed E-state index contributed by atoms with van der Waals surface area (Å²) in [6.45, 7) is 5.04. The third kappa shape index (κ3) is 3.16. The molecule has 7 heteroatoms. The number of piperidine rings is 1. The standard InChI is InChI=1S/C17H20F2N4O/c1-11(2)23-10-20-21-16(23)12-4-3-7-22(9-12)17(24)14-8-13(18)5-6-15(14)19/h5-6,8,10-12H,3-4,7,9H2,1-2H3/t12-/m1/s1. The summed E-state index contributed by atoms with van der Waals surface area (Å²) in [5.74, 6) is -0.916. The Kier molecular flexibility index (Phi) is 4.59. The number of rotatable bonds is 3. The van der Waals surface area contributed by atoms with Gasteiger partial charge in [0.2, 0.25) is 0 Å². The van der Waals surface area contributed by atoms with Crippen molar-refractivity contribution in [2.24, 2.45) is 0 Å². The van der Waals surface area contributed by atoms with E-state index < -0.39 is 17.5 Å². The van der Waals surface area contributed by atoms with Crippen LogP contribution in [0.15, 0.2) is 24.5 Å². The Bertz CT molecular complexity index is 744. The number of hydrogen-bond donors (Lipinski definition) is 0. The number of nitrogens with zero attached hydrogens (tertiary/aromatic N) is 4. The molecule has 0 radical (unpaired) electrons. The lowest BCUT2D eigenvalue weighted by Gasteiger charge is -2.33. The first-order valence-electron chi connectivity index (χ1n) is 8.11. The summed E-state index contributed by atoms with van der Waals surface area (Å²) in [6.07, 6.45) is 3.37. The molecule has 1 aliphatic rings. The van der Waals surface area contributed by atoms with Crippen molar-refractivity contribution in [2.75, 3.05) is 13.1 Å². The van der Waals surface area contributed by atoms with E-state index in [9.17, 15) is 13.6 Å². The zero-order valence-corrected chi connectivity index (χ0v) is 13.7. The third-order valence-electron chi connectivity index (χ3n) is 4.39. The summed E-state index contributed by atoms with van der Waals surface area (Å²) in [6, 6.07) is 3.18. The van der Waals surface area contributed by atoms with Crippen molar-refractivity contribution in [3.8, 4) is 0 Å². The molecule has 3 rings (SSSR count). The zero-order valence-electron chi connectivity index (χ0n) is 13.7. The van der Waals surface area contributed by atoms with E-state index >= 15 is 0 Å². The highest BCUT2D eigenvalue weighted by Gasteiger charge is 2.30. The van der Waals surface area contributed by atoms with Crippen molar-refractivity contribution in [2.45, 2.75) is 38.6 Å². The van der Waals surface area contributed by atoms with Gasteiger partial charge in [0.25, 0.3) is 5.91 Å². The SMILES string of the molecule is CC(C)n1cnnc1[C@@H]1CCCN(C(=O)c2cc(F)ccc2F)C1. The summed E-state index contributed by atoms with van der Waals surface area (Å²) in [4.78, 5) is 14.2. The topological polar surface area (TPSA) is 51.0 Å². The molecule has 1 aromatic carbocycles. The van der Waals surface area contributed by atoms with E-state index in [1.165, 1.54) is 0 Å². The van der Waals surface area contributed by atoms with Crippen LogP contribution in [-0.4, -0.2) is 38.7 Å². The second-order valence-electron chi connectivity index (χ2n) is 6.40. The molecule has 1 atom stereocenters. The quantitative estimate of drug-likeness (QED) is 0.866. The molecule has 2 aromatic rings. The molecule has 1 aromatic heterocycles. The van der Waals surface area contributed by atoms with Gasteiger partial charge < -0.3 is 9.47 Å². The number of carbonyl (C=O) groups is 1. The van der Waals surface area contributed by atoms with Gasteiger partial charge in [0.1, 0.15) is 23.8 Å². The minimum absolute atomic E-state index is 0.0456. The van der Waals surface area contributed by atoms with Crippen LogP contribution in [0.4, 0.5) is 8.78 Å². The monoisotopic (exact) mass is 334 g/mol. The van der Waals surface area contributed by atoms with E-state index in [0.29, 0.717) is 13.1 Å². The van der Waals surface area contributed by atoms with Crippen molar-refractivity contribution in [3.63, 3.8) is 0 Å². The number of halogens is 2. The van der Waals surface area contributed by atoms with Gasteiger partial charge >= 0.3 is 0 Å². The zero-order chi connectivity index (χ0) is 17.3. The van der Waals surface area contributed by atoms with Gasteiger partial charge in [-0.3, -0.25) is 4.79 Å². The summed E-state index contributed by atoms with van der Waals surface area (Å²) < 4.78 is 29.2. The van der Waals surface area contributed by atoms with Crippen LogP contribution in [-0.2, 0) is 0 Å². The number of hydrogen-bond acceptors (Lipinski definition) is 3. The Hall–Kier alpha value is -2.31. The maximum atomic E-state index is 13.9. The van der Waals surface area contributed by atoms with Gasteiger partial charge in [-0.15, -0.1) is 10.2 Å². The number of aromatic nitrogens is 3. The minimum Gasteiger partial charge on any atom is -0.338 e. The molecule has 0 spiro atoms. The van der Waals surface area contributed by atoms with Gasteiger partial charge in [-0.25, -0.2) is 8.78 Å². The van der Waals surface area contributed by atoms with Crippen molar-refractivity contribution in [1.29, 1.82) is 0 Å². The van der Waals surface area contributed by atoms with Crippen molar-refractivity contribution in [3.05, 3.63) is 47.5 Å². The van der Waals surface area contributed by atoms with E-state index in [-0.39, 0.29) is 17.5 Å².